The number of rotatable bonds is 6. The SMILES string of the molecule is CCCC(N)CC(=O)N1CCCCC1C(=O)OCC. The van der Waals surface area contributed by atoms with E-state index in [1.165, 1.54) is 0 Å². The molecule has 1 rings (SSSR count). The van der Waals surface area contributed by atoms with Crippen LogP contribution in [0.4, 0.5) is 0 Å². The highest BCUT2D eigenvalue weighted by Gasteiger charge is 2.33. The van der Waals surface area contributed by atoms with Crippen LogP contribution < -0.4 is 5.73 Å². The van der Waals surface area contributed by atoms with Gasteiger partial charge >= 0.3 is 5.97 Å². The highest BCUT2D eigenvalue weighted by molar-refractivity contribution is 5.85. The molecular weight excluding hydrogens is 244 g/mol. The van der Waals surface area contributed by atoms with Gasteiger partial charge in [-0.25, -0.2) is 4.79 Å². The maximum atomic E-state index is 12.2. The number of nitrogens with two attached hydrogens (primary N) is 1. The second-order valence-electron chi connectivity index (χ2n) is 5.10. The molecule has 0 saturated carbocycles. The number of esters is 1. The van der Waals surface area contributed by atoms with E-state index >= 15 is 0 Å². The highest BCUT2D eigenvalue weighted by Crippen LogP contribution is 2.20. The molecule has 0 bridgehead atoms. The number of hydrogen-bond acceptors (Lipinski definition) is 4. The molecule has 1 aliphatic heterocycles. The van der Waals surface area contributed by atoms with Crippen LogP contribution in [0, 0.1) is 0 Å². The highest BCUT2D eigenvalue weighted by atomic mass is 16.5. The molecule has 2 unspecified atom stereocenters. The lowest BCUT2D eigenvalue weighted by molar-refractivity contribution is -0.156. The van der Waals surface area contributed by atoms with Gasteiger partial charge in [0.25, 0.3) is 0 Å². The third-order valence-corrected chi connectivity index (χ3v) is 3.48. The average molecular weight is 270 g/mol. The molecule has 1 fully saturated rings. The van der Waals surface area contributed by atoms with E-state index in [4.69, 9.17) is 10.5 Å². The van der Waals surface area contributed by atoms with Crippen LogP contribution in [0.1, 0.15) is 52.4 Å². The molecule has 0 radical (unpaired) electrons. The molecule has 1 aliphatic rings. The first-order valence-corrected chi connectivity index (χ1v) is 7.31. The predicted octanol–water partition coefficient (Wildman–Crippen LogP) is 1.45. The smallest absolute Gasteiger partial charge is 0.328 e. The lowest BCUT2D eigenvalue weighted by Crippen LogP contribution is -2.49. The minimum atomic E-state index is -0.407. The Kier molecular flexibility index (Phi) is 6.84. The van der Waals surface area contributed by atoms with Crippen molar-refractivity contribution in [2.75, 3.05) is 13.2 Å². The molecule has 5 heteroatoms. The molecule has 1 amide bonds. The zero-order chi connectivity index (χ0) is 14.3. The number of carbonyl (C=O) groups is 2. The van der Waals surface area contributed by atoms with Gasteiger partial charge in [-0.1, -0.05) is 13.3 Å². The van der Waals surface area contributed by atoms with E-state index in [1.807, 2.05) is 6.92 Å². The molecule has 1 heterocycles. The molecule has 2 atom stereocenters. The fraction of sp³-hybridized carbons (Fsp3) is 0.857. The summed E-state index contributed by atoms with van der Waals surface area (Å²) >= 11 is 0. The Labute approximate surface area is 115 Å². The summed E-state index contributed by atoms with van der Waals surface area (Å²) in [5, 5.41) is 0. The summed E-state index contributed by atoms with van der Waals surface area (Å²) in [6.45, 7) is 4.82. The molecule has 0 aromatic carbocycles. The van der Waals surface area contributed by atoms with E-state index in [0.717, 1.165) is 25.7 Å². The zero-order valence-electron chi connectivity index (χ0n) is 12.1. The van der Waals surface area contributed by atoms with Crippen LogP contribution in [0.5, 0.6) is 0 Å². The van der Waals surface area contributed by atoms with Gasteiger partial charge in [0, 0.05) is 19.0 Å². The van der Waals surface area contributed by atoms with Crippen LogP contribution in [0.25, 0.3) is 0 Å². The Morgan fingerprint density at radius 3 is 2.74 bits per heavy atom. The Morgan fingerprint density at radius 2 is 2.11 bits per heavy atom. The van der Waals surface area contributed by atoms with E-state index in [1.54, 1.807) is 11.8 Å². The molecule has 0 aromatic heterocycles. The Hall–Kier alpha value is -1.10. The van der Waals surface area contributed by atoms with Crippen molar-refractivity contribution in [1.29, 1.82) is 0 Å². The largest absolute Gasteiger partial charge is 0.464 e. The van der Waals surface area contributed by atoms with Gasteiger partial charge in [0.05, 0.1) is 6.61 Å². The molecule has 0 spiro atoms. The zero-order valence-corrected chi connectivity index (χ0v) is 12.1. The van der Waals surface area contributed by atoms with Gasteiger partial charge in [-0.3, -0.25) is 4.79 Å². The van der Waals surface area contributed by atoms with Gasteiger partial charge < -0.3 is 15.4 Å². The lowest BCUT2D eigenvalue weighted by atomic mass is 10.0. The van der Waals surface area contributed by atoms with Crippen molar-refractivity contribution in [2.24, 2.45) is 5.73 Å². The van der Waals surface area contributed by atoms with Crippen LogP contribution in [0.2, 0.25) is 0 Å². The molecule has 1 saturated heterocycles. The van der Waals surface area contributed by atoms with Crippen molar-refractivity contribution in [2.45, 2.75) is 64.5 Å². The summed E-state index contributed by atoms with van der Waals surface area (Å²) in [7, 11) is 0. The minimum Gasteiger partial charge on any atom is -0.464 e. The van der Waals surface area contributed by atoms with Gasteiger partial charge in [0.2, 0.25) is 5.91 Å². The Bertz CT molecular complexity index is 307. The first-order chi connectivity index (χ1) is 9.10. The lowest BCUT2D eigenvalue weighted by Gasteiger charge is -2.34. The van der Waals surface area contributed by atoms with Gasteiger partial charge in [-0.05, 0) is 32.6 Å². The van der Waals surface area contributed by atoms with E-state index in [9.17, 15) is 9.59 Å². The summed E-state index contributed by atoms with van der Waals surface area (Å²) in [4.78, 5) is 25.8. The maximum Gasteiger partial charge on any atom is 0.328 e. The molecule has 2 N–H and O–H groups in total. The number of amides is 1. The summed E-state index contributed by atoms with van der Waals surface area (Å²) in [6.07, 6.45) is 4.75. The summed E-state index contributed by atoms with van der Waals surface area (Å²) in [5.41, 5.74) is 5.91. The third-order valence-electron chi connectivity index (χ3n) is 3.48. The second-order valence-corrected chi connectivity index (χ2v) is 5.10. The molecule has 0 aromatic rings. The summed E-state index contributed by atoms with van der Waals surface area (Å²) in [5.74, 6) is -0.293. The van der Waals surface area contributed by atoms with Crippen LogP contribution in [0.15, 0.2) is 0 Å². The third kappa shape index (κ3) is 4.82. The van der Waals surface area contributed by atoms with Crippen LogP contribution in [-0.4, -0.2) is 42.0 Å². The molecule has 19 heavy (non-hydrogen) atoms. The topological polar surface area (TPSA) is 72.6 Å². The van der Waals surface area contributed by atoms with Crippen LogP contribution in [-0.2, 0) is 14.3 Å². The fourth-order valence-corrected chi connectivity index (χ4v) is 2.53. The van der Waals surface area contributed by atoms with Crippen molar-refractivity contribution in [3.63, 3.8) is 0 Å². The predicted molar refractivity (Wildman–Crippen MR) is 73.5 cm³/mol. The number of hydrogen-bond donors (Lipinski definition) is 1. The van der Waals surface area contributed by atoms with Crippen molar-refractivity contribution < 1.29 is 14.3 Å². The first-order valence-electron chi connectivity index (χ1n) is 7.31. The quantitative estimate of drug-likeness (QED) is 0.741. The molecular formula is C14H26N2O3. The van der Waals surface area contributed by atoms with Gasteiger partial charge in [0.1, 0.15) is 6.04 Å². The maximum absolute atomic E-state index is 12.2. The summed E-state index contributed by atoms with van der Waals surface area (Å²) < 4.78 is 5.05. The average Bonchev–Trinajstić information content (AvgIpc) is 2.39. The monoisotopic (exact) mass is 270 g/mol. The number of ether oxygens (including phenoxy) is 1. The molecule has 110 valence electrons. The number of carbonyl (C=O) groups excluding carboxylic acids is 2. The summed E-state index contributed by atoms with van der Waals surface area (Å²) in [6, 6.07) is -0.516. The van der Waals surface area contributed by atoms with E-state index in [0.29, 0.717) is 26.0 Å². The number of likely N-dealkylation sites (tertiary alicyclic amines) is 1. The van der Waals surface area contributed by atoms with Gasteiger partial charge in [-0.2, -0.15) is 0 Å². The Balaban J connectivity index is 2.60. The van der Waals surface area contributed by atoms with Crippen molar-refractivity contribution >= 4 is 11.9 Å². The standard InChI is InChI=1S/C14H26N2O3/c1-3-7-11(15)10-13(17)16-9-6-5-8-12(16)14(18)19-4-2/h11-12H,3-10,15H2,1-2H3. The van der Waals surface area contributed by atoms with E-state index in [2.05, 4.69) is 0 Å². The number of nitrogens with zero attached hydrogens (tertiary/aromatic N) is 1. The van der Waals surface area contributed by atoms with Crippen molar-refractivity contribution in [1.82, 2.24) is 4.90 Å². The van der Waals surface area contributed by atoms with E-state index < -0.39 is 6.04 Å². The fourth-order valence-electron chi connectivity index (χ4n) is 2.53. The van der Waals surface area contributed by atoms with Gasteiger partial charge in [-0.15, -0.1) is 0 Å². The van der Waals surface area contributed by atoms with Crippen molar-refractivity contribution in [3.05, 3.63) is 0 Å². The first kappa shape index (κ1) is 16.0. The van der Waals surface area contributed by atoms with Crippen molar-refractivity contribution in [3.8, 4) is 0 Å². The van der Waals surface area contributed by atoms with Crippen LogP contribution >= 0.6 is 0 Å². The van der Waals surface area contributed by atoms with Crippen LogP contribution in [0.3, 0.4) is 0 Å². The normalized spacial score (nSPS) is 21.0. The van der Waals surface area contributed by atoms with E-state index in [-0.39, 0.29) is 17.9 Å². The molecule has 0 aliphatic carbocycles. The second kappa shape index (κ2) is 8.15. The number of piperidine rings is 1. The van der Waals surface area contributed by atoms with Gasteiger partial charge in [0.15, 0.2) is 0 Å². The minimum absolute atomic E-state index is 0.0151. The Morgan fingerprint density at radius 1 is 1.37 bits per heavy atom. The molecule has 5 nitrogen and oxygen atoms in total.